The van der Waals surface area contributed by atoms with Gasteiger partial charge < -0.3 is 9.47 Å². The van der Waals surface area contributed by atoms with Crippen molar-refractivity contribution < 1.29 is 22.6 Å². The minimum Gasteiger partial charge on any atom is -0.454 e. The lowest BCUT2D eigenvalue weighted by molar-refractivity contribution is -0.137. The van der Waals surface area contributed by atoms with Crippen LogP contribution in [0.25, 0.3) is 10.9 Å². The zero-order valence-electron chi connectivity index (χ0n) is 17.1. The standard InChI is InChI=1S/C24H17F3N2O3S/c25-24(26,27)17-5-3-4-16(10-17)13-33-23-28-19-7-2-1-6-18(19)22(30)29(23)12-15-8-9-20-21(11-15)32-14-31-20/h1-11H,12-14H2. The Balaban J connectivity index is 1.50. The number of ether oxygens (including phenoxy) is 2. The number of fused-ring (bicyclic) bond motifs is 2. The van der Waals surface area contributed by atoms with Crippen LogP contribution < -0.4 is 15.0 Å². The summed E-state index contributed by atoms with van der Waals surface area (Å²) in [5, 5.41) is 0.899. The van der Waals surface area contributed by atoms with Gasteiger partial charge in [0.15, 0.2) is 16.7 Å². The zero-order chi connectivity index (χ0) is 23.0. The molecule has 0 spiro atoms. The molecule has 0 saturated carbocycles. The zero-order valence-corrected chi connectivity index (χ0v) is 17.9. The van der Waals surface area contributed by atoms with Gasteiger partial charge in [0.25, 0.3) is 5.56 Å². The van der Waals surface area contributed by atoms with Crippen LogP contribution in [0.5, 0.6) is 11.5 Å². The molecule has 0 saturated heterocycles. The Hall–Kier alpha value is -3.46. The summed E-state index contributed by atoms with van der Waals surface area (Å²) in [6, 6.07) is 17.6. The molecule has 2 heterocycles. The normalized spacial score (nSPS) is 12.9. The smallest absolute Gasteiger partial charge is 0.416 e. The van der Waals surface area contributed by atoms with Crippen LogP contribution >= 0.6 is 11.8 Å². The molecule has 4 aromatic rings. The lowest BCUT2D eigenvalue weighted by atomic mass is 10.1. The predicted octanol–water partition coefficient (Wildman–Crippen LogP) is 5.48. The molecule has 1 aliphatic heterocycles. The second kappa shape index (κ2) is 8.47. The Morgan fingerprint density at radius 2 is 1.76 bits per heavy atom. The summed E-state index contributed by atoms with van der Waals surface area (Å²) in [5.41, 5.74) is 0.928. The minimum atomic E-state index is -4.41. The summed E-state index contributed by atoms with van der Waals surface area (Å²) in [6.07, 6.45) is -4.41. The van der Waals surface area contributed by atoms with Gasteiger partial charge in [0.05, 0.1) is 23.0 Å². The maximum Gasteiger partial charge on any atom is 0.416 e. The summed E-state index contributed by atoms with van der Waals surface area (Å²) < 4.78 is 51.5. The highest BCUT2D eigenvalue weighted by Gasteiger charge is 2.30. The van der Waals surface area contributed by atoms with Crippen molar-refractivity contribution in [2.24, 2.45) is 0 Å². The van der Waals surface area contributed by atoms with E-state index in [2.05, 4.69) is 4.98 Å². The van der Waals surface area contributed by atoms with Gasteiger partial charge in [0.2, 0.25) is 6.79 Å². The van der Waals surface area contributed by atoms with Crippen LogP contribution in [-0.2, 0) is 18.5 Å². The molecule has 1 aliphatic rings. The molecule has 1 aromatic heterocycles. The third-order valence-electron chi connectivity index (χ3n) is 5.23. The van der Waals surface area contributed by atoms with Gasteiger partial charge in [-0.15, -0.1) is 0 Å². The Bertz CT molecular complexity index is 1400. The molecule has 9 heteroatoms. The van der Waals surface area contributed by atoms with E-state index in [4.69, 9.17) is 9.47 Å². The Morgan fingerprint density at radius 3 is 2.61 bits per heavy atom. The maximum atomic E-state index is 13.3. The molecule has 3 aromatic carbocycles. The van der Waals surface area contributed by atoms with E-state index in [-0.39, 0.29) is 24.6 Å². The lowest BCUT2D eigenvalue weighted by Crippen LogP contribution is -2.24. The van der Waals surface area contributed by atoms with E-state index in [0.717, 1.165) is 17.7 Å². The highest BCUT2D eigenvalue weighted by atomic mass is 32.2. The molecule has 5 rings (SSSR count). The number of benzene rings is 3. The predicted molar refractivity (Wildman–Crippen MR) is 119 cm³/mol. The molecule has 0 atom stereocenters. The van der Waals surface area contributed by atoms with Crippen molar-refractivity contribution in [3.8, 4) is 11.5 Å². The Labute approximate surface area is 190 Å². The summed E-state index contributed by atoms with van der Waals surface area (Å²) in [4.78, 5) is 17.9. The van der Waals surface area contributed by atoms with Crippen LogP contribution in [0.2, 0.25) is 0 Å². The second-order valence-electron chi connectivity index (χ2n) is 7.48. The fourth-order valence-corrected chi connectivity index (χ4v) is 4.55. The number of hydrogen-bond acceptors (Lipinski definition) is 5. The van der Waals surface area contributed by atoms with Crippen LogP contribution in [0, 0.1) is 0 Å². The van der Waals surface area contributed by atoms with Crippen molar-refractivity contribution >= 4 is 22.7 Å². The van der Waals surface area contributed by atoms with E-state index in [0.29, 0.717) is 33.1 Å². The van der Waals surface area contributed by atoms with E-state index in [9.17, 15) is 18.0 Å². The van der Waals surface area contributed by atoms with Gasteiger partial charge >= 0.3 is 6.18 Å². The number of halogens is 3. The number of aromatic nitrogens is 2. The third kappa shape index (κ3) is 4.41. The molecule has 0 radical (unpaired) electrons. The van der Waals surface area contributed by atoms with E-state index < -0.39 is 11.7 Å². The molecule has 0 unspecified atom stereocenters. The number of nitrogens with zero attached hydrogens (tertiary/aromatic N) is 2. The summed E-state index contributed by atoms with van der Waals surface area (Å²) >= 11 is 1.22. The molecule has 0 fully saturated rings. The highest BCUT2D eigenvalue weighted by Crippen LogP contribution is 2.34. The molecule has 5 nitrogen and oxygen atoms in total. The van der Waals surface area contributed by atoms with E-state index in [1.165, 1.54) is 22.4 Å². The van der Waals surface area contributed by atoms with E-state index >= 15 is 0 Å². The van der Waals surface area contributed by atoms with Crippen LogP contribution in [-0.4, -0.2) is 16.3 Å². The number of thioether (sulfide) groups is 1. The lowest BCUT2D eigenvalue weighted by Gasteiger charge is -2.14. The summed E-state index contributed by atoms with van der Waals surface area (Å²) in [6.45, 7) is 0.382. The quantitative estimate of drug-likeness (QED) is 0.285. The summed E-state index contributed by atoms with van der Waals surface area (Å²) in [7, 11) is 0. The Morgan fingerprint density at radius 1 is 0.939 bits per heavy atom. The largest absolute Gasteiger partial charge is 0.454 e. The van der Waals surface area contributed by atoms with Gasteiger partial charge in [-0.1, -0.05) is 48.2 Å². The molecular weight excluding hydrogens is 453 g/mol. The number of para-hydroxylation sites is 1. The van der Waals surface area contributed by atoms with Crippen LogP contribution in [0.4, 0.5) is 13.2 Å². The van der Waals surface area contributed by atoms with Crippen molar-refractivity contribution in [2.75, 3.05) is 6.79 Å². The van der Waals surface area contributed by atoms with Gasteiger partial charge in [0, 0.05) is 5.75 Å². The van der Waals surface area contributed by atoms with Crippen LogP contribution in [0.3, 0.4) is 0 Å². The maximum absolute atomic E-state index is 13.3. The van der Waals surface area contributed by atoms with Crippen molar-refractivity contribution in [1.29, 1.82) is 0 Å². The SMILES string of the molecule is O=c1c2ccccc2nc(SCc2cccc(C(F)(F)F)c2)n1Cc1ccc2c(c1)OCO2. The molecule has 33 heavy (non-hydrogen) atoms. The fraction of sp³-hybridized carbons (Fsp3) is 0.167. The van der Waals surface area contributed by atoms with Crippen molar-refractivity contribution in [1.82, 2.24) is 9.55 Å². The third-order valence-corrected chi connectivity index (χ3v) is 6.27. The van der Waals surface area contributed by atoms with Gasteiger partial charge in [-0.3, -0.25) is 9.36 Å². The fourth-order valence-electron chi connectivity index (χ4n) is 3.60. The molecule has 0 amide bonds. The average Bonchev–Trinajstić information content (AvgIpc) is 3.27. The van der Waals surface area contributed by atoms with Crippen LogP contribution in [0.15, 0.2) is 76.7 Å². The van der Waals surface area contributed by atoms with E-state index in [1.807, 2.05) is 12.1 Å². The Kier molecular flexibility index (Phi) is 5.49. The summed E-state index contributed by atoms with van der Waals surface area (Å²) in [5.74, 6) is 1.48. The molecule has 168 valence electrons. The number of alkyl halides is 3. The first-order chi connectivity index (χ1) is 15.9. The number of rotatable bonds is 5. The van der Waals surface area contributed by atoms with Crippen LogP contribution in [0.1, 0.15) is 16.7 Å². The molecule has 0 bridgehead atoms. The van der Waals surface area contributed by atoms with Gasteiger partial charge in [-0.05, 0) is 41.5 Å². The second-order valence-corrected chi connectivity index (χ2v) is 8.42. The van der Waals surface area contributed by atoms with E-state index in [1.54, 1.807) is 36.4 Å². The molecular formula is C24H17F3N2O3S. The minimum absolute atomic E-state index is 0.147. The van der Waals surface area contributed by atoms with Crippen molar-refractivity contribution in [3.05, 3.63) is 93.8 Å². The van der Waals surface area contributed by atoms with Gasteiger partial charge in [0.1, 0.15) is 0 Å². The molecule has 0 N–H and O–H groups in total. The molecule has 0 aliphatic carbocycles. The van der Waals surface area contributed by atoms with Gasteiger partial charge in [-0.25, -0.2) is 4.98 Å². The first-order valence-corrected chi connectivity index (χ1v) is 11.0. The van der Waals surface area contributed by atoms with Gasteiger partial charge in [-0.2, -0.15) is 13.2 Å². The first-order valence-electron chi connectivity index (χ1n) is 10.1. The number of hydrogen-bond donors (Lipinski definition) is 0. The topological polar surface area (TPSA) is 53.4 Å². The highest BCUT2D eigenvalue weighted by molar-refractivity contribution is 7.98. The van der Waals surface area contributed by atoms with Crippen molar-refractivity contribution in [2.45, 2.75) is 23.6 Å². The average molecular weight is 470 g/mol. The van der Waals surface area contributed by atoms with Crippen molar-refractivity contribution in [3.63, 3.8) is 0 Å². The first kappa shape index (κ1) is 21.4. The monoisotopic (exact) mass is 470 g/mol.